The van der Waals surface area contributed by atoms with Crippen LogP contribution < -0.4 is 10.5 Å². The second-order valence-electron chi connectivity index (χ2n) is 4.84. The molecule has 0 heterocycles. The lowest BCUT2D eigenvalue weighted by Crippen LogP contribution is -2.33. The van der Waals surface area contributed by atoms with Crippen molar-refractivity contribution >= 4 is 10.0 Å². The fraction of sp³-hybridized carbons (Fsp3) is 0.538. The summed E-state index contributed by atoms with van der Waals surface area (Å²) in [6.07, 6.45) is 2.61. The molecule has 0 amide bonds. The topological polar surface area (TPSA) is 81.4 Å². The number of benzene rings is 1. The normalized spacial score (nSPS) is 23.7. The van der Waals surface area contributed by atoms with Crippen LogP contribution in [0.1, 0.15) is 24.8 Å². The Bertz CT molecular complexity index is 513. The molecule has 0 spiro atoms. The first-order chi connectivity index (χ1) is 9.05. The van der Waals surface area contributed by atoms with E-state index in [0.717, 1.165) is 24.8 Å². The van der Waals surface area contributed by atoms with Crippen LogP contribution in [0.15, 0.2) is 29.2 Å². The fourth-order valence-electron chi connectivity index (χ4n) is 2.35. The molecule has 106 valence electrons. The van der Waals surface area contributed by atoms with E-state index in [1.54, 1.807) is 31.4 Å². The van der Waals surface area contributed by atoms with Gasteiger partial charge >= 0.3 is 0 Å². The number of nitrogens with two attached hydrogens (primary N) is 1. The minimum absolute atomic E-state index is 0.0378. The third-order valence-corrected chi connectivity index (χ3v) is 5.05. The number of methoxy groups -OCH3 is 1. The predicted molar refractivity (Wildman–Crippen MR) is 73.1 cm³/mol. The van der Waals surface area contributed by atoms with Crippen molar-refractivity contribution in [3.8, 4) is 0 Å². The van der Waals surface area contributed by atoms with Crippen LogP contribution in [0, 0.1) is 0 Å². The van der Waals surface area contributed by atoms with E-state index in [4.69, 9.17) is 10.5 Å². The van der Waals surface area contributed by atoms with E-state index in [1.165, 1.54) is 0 Å². The van der Waals surface area contributed by atoms with Gasteiger partial charge in [0.1, 0.15) is 0 Å². The molecule has 0 aromatic heterocycles. The molecule has 3 N–H and O–H groups in total. The van der Waals surface area contributed by atoms with Crippen molar-refractivity contribution in [2.45, 2.75) is 42.8 Å². The highest BCUT2D eigenvalue weighted by Gasteiger charge is 2.28. The number of nitrogens with one attached hydrogen (secondary N) is 1. The van der Waals surface area contributed by atoms with Gasteiger partial charge in [0.25, 0.3) is 0 Å². The molecule has 19 heavy (non-hydrogen) atoms. The van der Waals surface area contributed by atoms with Gasteiger partial charge in [-0.1, -0.05) is 12.1 Å². The molecule has 2 unspecified atom stereocenters. The monoisotopic (exact) mass is 284 g/mol. The molecule has 0 radical (unpaired) electrons. The fourth-order valence-corrected chi connectivity index (χ4v) is 3.64. The van der Waals surface area contributed by atoms with Gasteiger partial charge in [-0.15, -0.1) is 0 Å². The van der Waals surface area contributed by atoms with Crippen molar-refractivity contribution in [3.63, 3.8) is 0 Å². The molecule has 1 fully saturated rings. The lowest BCUT2D eigenvalue weighted by atomic mass is 10.2. The Morgan fingerprint density at radius 3 is 2.53 bits per heavy atom. The van der Waals surface area contributed by atoms with Gasteiger partial charge in [0, 0.05) is 19.7 Å². The Balaban J connectivity index is 2.05. The van der Waals surface area contributed by atoms with Crippen LogP contribution in [-0.2, 0) is 21.3 Å². The lowest BCUT2D eigenvalue weighted by molar-refractivity contribution is 0.107. The molecule has 5 nitrogen and oxygen atoms in total. The van der Waals surface area contributed by atoms with Crippen molar-refractivity contribution in [2.24, 2.45) is 5.73 Å². The Morgan fingerprint density at radius 1 is 1.32 bits per heavy atom. The molecule has 1 aromatic carbocycles. The summed E-state index contributed by atoms with van der Waals surface area (Å²) in [5.41, 5.74) is 6.41. The van der Waals surface area contributed by atoms with Crippen LogP contribution in [0.25, 0.3) is 0 Å². The first kappa shape index (κ1) is 14.5. The highest BCUT2D eigenvalue weighted by molar-refractivity contribution is 7.89. The second-order valence-corrected chi connectivity index (χ2v) is 6.55. The van der Waals surface area contributed by atoms with Gasteiger partial charge < -0.3 is 10.5 Å². The molecule has 0 saturated heterocycles. The van der Waals surface area contributed by atoms with Crippen molar-refractivity contribution in [2.75, 3.05) is 7.11 Å². The Labute approximate surface area is 114 Å². The summed E-state index contributed by atoms with van der Waals surface area (Å²) in [6, 6.07) is 6.62. The zero-order chi connectivity index (χ0) is 13.9. The van der Waals surface area contributed by atoms with Crippen molar-refractivity contribution in [3.05, 3.63) is 29.8 Å². The molecule has 2 atom stereocenters. The highest BCUT2D eigenvalue weighted by atomic mass is 32.2. The first-order valence-electron chi connectivity index (χ1n) is 6.39. The molecule has 0 bridgehead atoms. The van der Waals surface area contributed by atoms with E-state index in [9.17, 15) is 8.42 Å². The first-order valence-corrected chi connectivity index (χ1v) is 7.87. The van der Waals surface area contributed by atoms with Crippen LogP contribution in [0.5, 0.6) is 0 Å². The van der Waals surface area contributed by atoms with Crippen molar-refractivity contribution in [1.82, 2.24) is 4.72 Å². The maximum Gasteiger partial charge on any atom is 0.240 e. The van der Waals surface area contributed by atoms with Crippen molar-refractivity contribution < 1.29 is 13.2 Å². The van der Waals surface area contributed by atoms with Gasteiger partial charge in [-0.2, -0.15) is 0 Å². The Morgan fingerprint density at radius 2 is 2.00 bits per heavy atom. The minimum atomic E-state index is -3.45. The lowest BCUT2D eigenvalue weighted by Gasteiger charge is -2.13. The largest absolute Gasteiger partial charge is 0.381 e. The molecule has 2 rings (SSSR count). The number of sulfonamides is 1. The van der Waals surface area contributed by atoms with E-state index < -0.39 is 10.0 Å². The zero-order valence-corrected chi connectivity index (χ0v) is 11.8. The summed E-state index contributed by atoms with van der Waals surface area (Å²) in [5.74, 6) is 0. The van der Waals surface area contributed by atoms with Gasteiger partial charge in [0.05, 0.1) is 11.0 Å². The number of ether oxygens (including phenoxy) is 1. The van der Waals surface area contributed by atoms with Crippen molar-refractivity contribution in [1.29, 1.82) is 0 Å². The molecule has 1 saturated carbocycles. The average Bonchev–Trinajstić information content (AvgIpc) is 2.85. The third kappa shape index (κ3) is 3.54. The molecule has 6 heteroatoms. The maximum absolute atomic E-state index is 12.2. The van der Waals surface area contributed by atoms with Gasteiger partial charge in [0.2, 0.25) is 10.0 Å². The van der Waals surface area contributed by atoms with E-state index in [-0.39, 0.29) is 17.0 Å². The Hall–Kier alpha value is -0.950. The van der Waals surface area contributed by atoms with Crippen LogP contribution in [0.4, 0.5) is 0 Å². The molecular weight excluding hydrogens is 264 g/mol. The number of hydrogen-bond donors (Lipinski definition) is 2. The zero-order valence-electron chi connectivity index (χ0n) is 11.0. The summed E-state index contributed by atoms with van der Waals surface area (Å²) < 4.78 is 32.4. The number of hydrogen-bond acceptors (Lipinski definition) is 4. The minimum Gasteiger partial charge on any atom is -0.381 e. The van der Waals surface area contributed by atoms with Crippen LogP contribution in [0.2, 0.25) is 0 Å². The molecule has 0 aliphatic heterocycles. The maximum atomic E-state index is 12.2. The van der Waals surface area contributed by atoms with Crippen LogP contribution >= 0.6 is 0 Å². The molecule has 1 aromatic rings. The predicted octanol–water partition coefficient (Wildman–Crippen LogP) is 0.991. The summed E-state index contributed by atoms with van der Waals surface area (Å²) >= 11 is 0. The standard InChI is InChI=1S/C13H20N2O3S/c1-18-12-5-4-11(8-12)15-19(16,17)13-6-2-10(9-14)3-7-13/h2-3,6-7,11-12,15H,4-5,8-9,14H2,1H3. The van der Waals surface area contributed by atoms with E-state index in [0.29, 0.717) is 6.54 Å². The van der Waals surface area contributed by atoms with Crippen LogP contribution in [-0.4, -0.2) is 27.7 Å². The summed E-state index contributed by atoms with van der Waals surface area (Å²) in [5, 5.41) is 0. The molecule has 1 aliphatic rings. The number of rotatable bonds is 5. The quantitative estimate of drug-likeness (QED) is 0.845. The van der Waals surface area contributed by atoms with Gasteiger partial charge in [-0.3, -0.25) is 0 Å². The van der Waals surface area contributed by atoms with E-state index in [2.05, 4.69) is 4.72 Å². The summed E-state index contributed by atoms with van der Waals surface area (Å²) in [6.45, 7) is 0.409. The van der Waals surface area contributed by atoms with Crippen LogP contribution in [0.3, 0.4) is 0 Å². The third-order valence-electron chi connectivity index (χ3n) is 3.51. The summed E-state index contributed by atoms with van der Waals surface area (Å²) in [4.78, 5) is 0.283. The smallest absolute Gasteiger partial charge is 0.240 e. The molecular formula is C13H20N2O3S. The van der Waals surface area contributed by atoms with E-state index in [1.807, 2.05) is 0 Å². The summed E-state index contributed by atoms with van der Waals surface area (Å²) in [7, 11) is -1.79. The molecule has 1 aliphatic carbocycles. The van der Waals surface area contributed by atoms with E-state index >= 15 is 0 Å². The Kier molecular flexibility index (Phi) is 4.57. The van der Waals surface area contributed by atoms with Gasteiger partial charge in [-0.05, 0) is 37.0 Å². The second kappa shape index (κ2) is 6.00. The SMILES string of the molecule is COC1CCC(NS(=O)(=O)c2ccc(CN)cc2)C1. The average molecular weight is 284 g/mol. The van der Waals surface area contributed by atoms with Gasteiger partial charge in [-0.25, -0.2) is 13.1 Å². The van der Waals surface area contributed by atoms with Gasteiger partial charge in [0.15, 0.2) is 0 Å². The highest BCUT2D eigenvalue weighted by Crippen LogP contribution is 2.23.